The van der Waals surface area contributed by atoms with Crippen LogP contribution in [0.25, 0.3) is 0 Å². The van der Waals surface area contributed by atoms with Crippen molar-refractivity contribution in [1.29, 1.82) is 0 Å². The summed E-state index contributed by atoms with van der Waals surface area (Å²) in [7, 11) is 1.75. The van der Waals surface area contributed by atoms with Crippen LogP contribution in [0.1, 0.15) is 58.6 Å². The Balaban J connectivity index is 2.16. The number of methoxy groups -OCH3 is 1. The number of aromatic nitrogens is 2. The summed E-state index contributed by atoms with van der Waals surface area (Å²) in [5, 5.41) is 8.12. The molecule has 0 saturated heterocycles. The molecule has 1 aromatic heterocycles. The van der Waals surface area contributed by atoms with E-state index in [1.807, 2.05) is 6.20 Å². The molecule has 0 bridgehead atoms. The molecule has 1 N–H and O–H groups in total. The van der Waals surface area contributed by atoms with E-state index in [0.29, 0.717) is 11.8 Å². The zero-order chi connectivity index (χ0) is 14.8. The molecule has 1 fully saturated rings. The summed E-state index contributed by atoms with van der Waals surface area (Å²) in [6, 6.07) is 0. The number of ether oxygens (including phenoxy) is 1. The van der Waals surface area contributed by atoms with Crippen molar-refractivity contribution in [1.82, 2.24) is 15.1 Å². The van der Waals surface area contributed by atoms with Crippen LogP contribution in [-0.2, 0) is 6.54 Å². The van der Waals surface area contributed by atoms with E-state index in [0.717, 1.165) is 18.8 Å². The first kappa shape index (κ1) is 15.4. The van der Waals surface area contributed by atoms with E-state index in [2.05, 4.69) is 42.8 Å². The van der Waals surface area contributed by atoms with Crippen molar-refractivity contribution >= 4 is 0 Å². The van der Waals surface area contributed by atoms with E-state index in [1.54, 1.807) is 7.11 Å². The lowest BCUT2D eigenvalue weighted by atomic mass is 9.91. The fourth-order valence-electron chi connectivity index (χ4n) is 3.24. The van der Waals surface area contributed by atoms with Gasteiger partial charge in [0.2, 0.25) is 0 Å². The number of hydrogen-bond donors (Lipinski definition) is 1. The van der Waals surface area contributed by atoms with Crippen LogP contribution in [0.4, 0.5) is 0 Å². The van der Waals surface area contributed by atoms with Crippen molar-refractivity contribution in [2.24, 2.45) is 5.92 Å². The minimum atomic E-state index is 0.183. The molecule has 1 saturated carbocycles. The lowest BCUT2D eigenvalue weighted by Gasteiger charge is -2.27. The number of aryl methyl sites for hydroxylation is 1. The molecule has 114 valence electrons. The third-order valence-corrected chi connectivity index (χ3v) is 4.27. The molecule has 20 heavy (non-hydrogen) atoms. The van der Waals surface area contributed by atoms with E-state index in [-0.39, 0.29) is 5.54 Å². The largest absolute Gasteiger partial charge is 0.493 e. The molecule has 0 aliphatic heterocycles. The van der Waals surface area contributed by atoms with Crippen LogP contribution in [0.2, 0.25) is 0 Å². The van der Waals surface area contributed by atoms with Crippen LogP contribution in [-0.4, -0.2) is 29.0 Å². The zero-order valence-electron chi connectivity index (χ0n) is 13.6. The Hall–Kier alpha value is -1.03. The summed E-state index contributed by atoms with van der Waals surface area (Å²) in [6.45, 7) is 10.8. The van der Waals surface area contributed by atoms with Gasteiger partial charge in [0.25, 0.3) is 0 Å². The Kier molecular flexibility index (Phi) is 4.74. The monoisotopic (exact) mass is 279 g/mol. The van der Waals surface area contributed by atoms with Gasteiger partial charge in [-0.2, -0.15) is 5.10 Å². The first-order chi connectivity index (χ1) is 9.46. The summed E-state index contributed by atoms with van der Waals surface area (Å²) in [4.78, 5) is 0. The van der Waals surface area contributed by atoms with Crippen LogP contribution in [0.15, 0.2) is 6.20 Å². The van der Waals surface area contributed by atoms with E-state index < -0.39 is 0 Å². The number of hydrogen-bond acceptors (Lipinski definition) is 3. The Morgan fingerprint density at radius 3 is 2.75 bits per heavy atom. The average molecular weight is 279 g/mol. The van der Waals surface area contributed by atoms with Gasteiger partial charge in [-0.3, -0.25) is 4.68 Å². The predicted octanol–water partition coefficient (Wildman–Crippen LogP) is 3.18. The SMILES string of the molecule is CCn1ncc(OC)c1C1CCCC1CNC(C)(C)C. The maximum Gasteiger partial charge on any atom is 0.160 e. The van der Waals surface area contributed by atoms with Crippen molar-refractivity contribution in [2.45, 2.75) is 65.0 Å². The molecule has 4 heteroatoms. The molecule has 1 aliphatic rings. The highest BCUT2D eigenvalue weighted by molar-refractivity contribution is 5.30. The topological polar surface area (TPSA) is 39.1 Å². The standard InChI is InChI=1S/C16H29N3O/c1-6-19-15(14(20-5)11-18-19)13-9-7-8-12(13)10-17-16(2,3)4/h11-13,17H,6-10H2,1-5H3. The molecule has 2 atom stereocenters. The fraction of sp³-hybridized carbons (Fsp3) is 0.812. The molecule has 0 amide bonds. The minimum Gasteiger partial charge on any atom is -0.493 e. The average Bonchev–Trinajstić information content (AvgIpc) is 3.00. The zero-order valence-corrected chi connectivity index (χ0v) is 13.6. The molecule has 0 aromatic carbocycles. The van der Waals surface area contributed by atoms with E-state index in [9.17, 15) is 0 Å². The third-order valence-electron chi connectivity index (χ3n) is 4.27. The summed E-state index contributed by atoms with van der Waals surface area (Å²) in [5.74, 6) is 2.21. The van der Waals surface area contributed by atoms with E-state index >= 15 is 0 Å². The van der Waals surface area contributed by atoms with Crippen molar-refractivity contribution < 1.29 is 4.74 Å². The Labute approximate surface area is 122 Å². The molecule has 0 spiro atoms. The third kappa shape index (κ3) is 3.35. The second-order valence-electron chi connectivity index (χ2n) is 6.84. The minimum absolute atomic E-state index is 0.183. The van der Waals surface area contributed by atoms with Crippen LogP contribution in [0.5, 0.6) is 5.75 Å². The molecular weight excluding hydrogens is 250 g/mol. The molecule has 1 heterocycles. The molecule has 2 unspecified atom stereocenters. The van der Waals surface area contributed by atoms with E-state index in [4.69, 9.17) is 4.74 Å². The normalized spacial score (nSPS) is 23.2. The predicted molar refractivity (Wildman–Crippen MR) is 82.3 cm³/mol. The Morgan fingerprint density at radius 2 is 2.15 bits per heavy atom. The van der Waals surface area contributed by atoms with Gasteiger partial charge >= 0.3 is 0 Å². The molecular formula is C16H29N3O. The number of rotatable bonds is 5. The van der Waals surface area contributed by atoms with Gasteiger partial charge in [-0.25, -0.2) is 0 Å². The first-order valence-corrected chi connectivity index (χ1v) is 7.81. The highest BCUT2D eigenvalue weighted by Crippen LogP contribution is 2.42. The van der Waals surface area contributed by atoms with Crippen molar-refractivity contribution in [3.05, 3.63) is 11.9 Å². The van der Waals surface area contributed by atoms with Gasteiger partial charge in [-0.1, -0.05) is 6.42 Å². The van der Waals surface area contributed by atoms with Gasteiger partial charge in [-0.15, -0.1) is 0 Å². The number of nitrogens with zero attached hydrogens (tertiary/aromatic N) is 2. The van der Waals surface area contributed by atoms with Gasteiger partial charge < -0.3 is 10.1 Å². The summed E-state index contributed by atoms with van der Waals surface area (Å²) < 4.78 is 7.64. The first-order valence-electron chi connectivity index (χ1n) is 7.81. The van der Waals surface area contributed by atoms with Crippen LogP contribution in [0.3, 0.4) is 0 Å². The van der Waals surface area contributed by atoms with Gasteiger partial charge in [-0.05, 0) is 53.0 Å². The van der Waals surface area contributed by atoms with Crippen molar-refractivity contribution in [3.8, 4) is 5.75 Å². The highest BCUT2D eigenvalue weighted by Gasteiger charge is 2.33. The van der Waals surface area contributed by atoms with Crippen molar-refractivity contribution in [3.63, 3.8) is 0 Å². The van der Waals surface area contributed by atoms with Crippen LogP contribution >= 0.6 is 0 Å². The van der Waals surface area contributed by atoms with Crippen molar-refractivity contribution in [2.75, 3.05) is 13.7 Å². The van der Waals surface area contributed by atoms with Gasteiger partial charge in [0.05, 0.1) is 19.0 Å². The second kappa shape index (κ2) is 6.17. The quantitative estimate of drug-likeness (QED) is 0.899. The fourth-order valence-corrected chi connectivity index (χ4v) is 3.24. The maximum absolute atomic E-state index is 5.53. The van der Waals surface area contributed by atoms with Gasteiger partial charge in [0.1, 0.15) is 0 Å². The number of nitrogens with one attached hydrogen (secondary N) is 1. The van der Waals surface area contributed by atoms with E-state index in [1.165, 1.54) is 25.0 Å². The lowest BCUT2D eigenvalue weighted by molar-refractivity contribution is 0.340. The lowest BCUT2D eigenvalue weighted by Crippen LogP contribution is -2.39. The molecule has 0 radical (unpaired) electrons. The molecule has 4 nitrogen and oxygen atoms in total. The van der Waals surface area contributed by atoms with Crippen LogP contribution < -0.4 is 10.1 Å². The second-order valence-corrected chi connectivity index (χ2v) is 6.84. The summed E-state index contributed by atoms with van der Waals surface area (Å²) in [5.41, 5.74) is 1.48. The molecule has 1 aromatic rings. The van der Waals surface area contributed by atoms with Gasteiger partial charge in [0, 0.05) is 18.0 Å². The molecule has 2 rings (SSSR count). The molecule has 1 aliphatic carbocycles. The van der Waals surface area contributed by atoms with Gasteiger partial charge in [0.15, 0.2) is 5.75 Å². The summed E-state index contributed by atoms with van der Waals surface area (Å²) >= 11 is 0. The Morgan fingerprint density at radius 1 is 1.40 bits per heavy atom. The maximum atomic E-state index is 5.53. The highest BCUT2D eigenvalue weighted by atomic mass is 16.5. The van der Waals surface area contributed by atoms with Crippen LogP contribution in [0, 0.1) is 5.92 Å². The summed E-state index contributed by atoms with van der Waals surface area (Å²) in [6.07, 6.45) is 5.72. The smallest absolute Gasteiger partial charge is 0.160 e. The Bertz CT molecular complexity index is 412.